The Balaban J connectivity index is 1.33. The molecule has 0 aromatic carbocycles. The summed E-state index contributed by atoms with van der Waals surface area (Å²) in [4.78, 5) is 21.7. The largest absolute Gasteiger partial charge is 0.363 e. The van der Waals surface area contributed by atoms with Gasteiger partial charge in [-0.15, -0.1) is 0 Å². The number of nitrogens with one attached hydrogen (secondary N) is 2. The molecule has 180 valence electrons. The molecule has 34 heavy (non-hydrogen) atoms. The smallest absolute Gasteiger partial charge is 0.208 e. The van der Waals surface area contributed by atoms with Crippen molar-refractivity contribution >= 4 is 44.2 Å². The van der Waals surface area contributed by atoms with E-state index in [-0.39, 0.29) is 23.9 Å². The third kappa shape index (κ3) is 3.81. The summed E-state index contributed by atoms with van der Waals surface area (Å²) in [7, 11) is -3.23. The summed E-state index contributed by atoms with van der Waals surface area (Å²) in [5, 5.41) is 1.51. The van der Waals surface area contributed by atoms with Gasteiger partial charge in [0.1, 0.15) is 22.9 Å². The van der Waals surface area contributed by atoms with Gasteiger partial charge in [-0.1, -0.05) is 11.6 Å². The van der Waals surface area contributed by atoms with E-state index in [4.69, 9.17) is 16.6 Å². The number of hydrogen-bond donors (Lipinski definition) is 2. The molecule has 0 radical (unpaired) electrons. The predicted molar refractivity (Wildman–Crippen MR) is 133 cm³/mol. The van der Waals surface area contributed by atoms with Crippen molar-refractivity contribution in [2.24, 2.45) is 11.8 Å². The molecule has 6 rings (SSSR count). The Labute approximate surface area is 204 Å². The molecular weight excluding hydrogens is 474 g/mol. The zero-order chi connectivity index (χ0) is 23.6. The minimum absolute atomic E-state index is 0.0151. The van der Waals surface area contributed by atoms with Crippen molar-refractivity contribution in [3.8, 4) is 0 Å². The fourth-order valence-electron chi connectivity index (χ4n) is 6.15. The predicted octanol–water partition coefficient (Wildman–Crippen LogP) is 2.72. The van der Waals surface area contributed by atoms with E-state index in [0.29, 0.717) is 11.7 Å². The van der Waals surface area contributed by atoms with Crippen LogP contribution in [0.5, 0.6) is 0 Å². The maximum absolute atomic E-state index is 11.9. The molecule has 3 unspecified atom stereocenters. The Hall–Kier alpha value is -2.43. The second kappa shape index (κ2) is 8.07. The van der Waals surface area contributed by atoms with E-state index in [1.54, 1.807) is 6.33 Å². The molecule has 9 nitrogen and oxygen atoms in total. The molecule has 2 aliphatic heterocycles. The molecule has 2 N–H and O–H groups in total. The summed E-state index contributed by atoms with van der Waals surface area (Å²) in [6, 6.07) is 4.23. The minimum atomic E-state index is -3.23. The van der Waals surface area contributed by atoms with Gasteiger partial charge in [0.15, 0.2) is 0 Å². The fourth-order valence-corrected chi connectivity index (χ4v) is 7.22. The van der Waals surface area contributed by atoms with E-state index in [1.165, 1.54) is 6.26 Å². The Kier molecular flexibility index (Phi) is 5.23. The average Bonchev–Trinajstić information content (AvgIpc) is 3.31. The van der Waals surface area contributed by atoms with Crippen LogP contribution in [0.4, 0.5) is 11.5 Å². The van der Waals surface area contributed by atoms with E-state index in [0.717, 1.165) is 66.1 Å². The van der Waals surface area contributed by atoms with Crippen LogP contribution in [-0.4, -0.2) is 59.8 Å². The SMILES string of the molecule is CC1Cc2ncnc(N3CC4CC[C@H](C3)C4NS(C)(=O)=O)c2CN1c1cc(Cl)nc2[nH]ccc12. The summed E-state index contributed by atoms with van der Waals surface area (Å²) in [6.07, 6.45) is 7.70. The van der Waals surface area contributed by atoms with Crippen molar-refractivity contribution in [1.82, 2.24) is 24.7 Å². The van der Waals surface area contributed by atoms with Gasteiger partial charge in [0.05, 0.1) is 17.6 Å². The number of piperidine rings is 1. The number of halogens is 1. The molecule has 0 amide bonds. The highest BCUT2D eigenvalue weighted by atomic mass is 35.5. The van der Waals surface area contributed by atoms with E-state index in [2.05, 4.69) is 36.4 Å². The van der Waals surface area contributed by atoms with Crippen molar-refractivity contribution in [3.05, 3.63) is 41.1 Å². The molecule has 0 spiro atoms. The zero-order valence-electron chi connectivity index (χ0n) is 19.2. The van der Waals surface area contributed by atoms with E-state index >= 15 is 0 Å². The third-order valence-corrected chi connectivity index (χ3v) is 8.52. The first-order chi connectivity index (χ1) is 16.3. The van der Waals surface area contributed by atoms with Crippen LogP contribution in [-0.2, 0) is 23.0 Å². The molecule has 3 aliphatic rings. The van der Waals surface area contributed by atoms with Crippen LogP contribution in [0.2, 0.25) is 5.15 Å². The monoisotopic (exact) mass is 501 g/mol. The van der Waals surface area contributed by atoms with E-state index in [1.807, 2.05) is 18.3 Å². The first-order valence-electron chi connectivity index (χ1n) is 11.7. The van der Waals surface area contributed by atoms with Gasteiger partial charge in [0.25, 0.3) is 0 Å². The highest BCUT2D eigenvalue weighted by Crippen LogP contribution is 2.41. The van der Waals surface area contributed by atoms with Crippen LogP contribution in [0.3, 0.4) is 0 Å². The first kappa shape index (κ1) is 22.1. The first-order valence-corrected chi connectivity index (χ1v) is 14.0. The number of nitrogens with zero attached hydrogens (tertiary/aromatic N) is 5. The van der Waals surface area contributed by atoms with Gasteiger partial charge in [-0.05, 0) is 43.7 Å². The standard InChI is InChI=1S/C23H28ClN7O2S/c1-13-7-18-17(11-31(13)19-8-20(24)28-22-16(19)5-6-25-22)23(27-12-26-18)30-9-14-3-4-15(10-30)21(14)29-34(2,32)33/h5-6,8,12-15,21,29H,3-4,7,9-11H2,1-2H3,(H,25,28)/t13?,14-,15?,21?/m1/s1. The number of pyridine rings is 1. The molecule has 11 heteroatoms. The Morgan fingerprint density at radius 2 is 1.97 bits per heavy atom. The maximum atomic E-state index is 11.9. The number of aromatic nitrogens is 4. The van der Waals surface area contributed by atoms with Gasteiger partial charge in [-0.2, -0.15) is 0 Å². The topological polar surface area (TPSA) is 107 Å². The van der Waals surface area contributed by atoms with Gasteiger partial charge >= 0.3 is 0 Å². The van der Waals surface area contributed by atoms with Gasteiger partial charge in [-0.3, -0.25) is 0 Å². The molecule has 5 heterocycles. The number of H-pyrrole nitrogens is 1. The van der Waals surface area contributed by atoms with Gasteiger partial charge in [-0.25, -0.2) is 28.1 Å². The second-order valence-corrected chi connectivity index (χ2v) is 12.1. The van der Waals surface area contributed by atoms with Gasteiger partial charge in [0, 0.05) is 55.3 Å². The molecule has 1 saturated heterocycles. The molecule has 3 aromatic rings. The fraction of sp³-hybridized carbons (Fsp3) is 0.522. The Bertz CT molecular complexity index is 1350. The van der Waals surface area contributed by atoms with Crippen molar-refractivity contribution in [2.75, 3.05) is 29.1 Å². The average molecular weight is 502 g/mol. The van der Waals surface area contributed by atoms with E-state index < -0.39 is 10.0 Å². The summed E-state index contributed by atoms with van der Waals surface area (Å²) >= 11 is 6.36. The molecular formula is C23H28ClN7O2S. The van der Waals surface area contributed by atoms with E-state index in [9.17, 15) is 8.42 Å². The third-order valence-electron chi connectivity index (χ3n) is 7.63. The summed E-state index contributed by atoms with van der Waals surface area (Å²) in [5.41, 5.74) is 4.07. The number of hydrogen-bond acceptors (Lipinski definition) is 7. The molecule has 1 saturated carbocycles. The maximum Gasteiger partial charge on any atom is 0.208 e. The minimum Gasteiger partial charge on any atom is -0.363 e. The highest BCUT2D eigenvalue weighted by molar-refractivity contribution is 7.88. The molecule has 2 fully saturated rings. The lowest BCUT2D eigenvalue weighted by Gasteiger charge is -2.42. The summed E-state index contributed by atoms with van der Waals surface area (Å²) in [5.74, 6) is 1.55. The summed E-state index contributed by atoms with van der Waals surface area (Å²) in [6.45, 7) is 4.49. The van der Waals surface area contributed by atoms with Crippen molar-refractivity contribution in [3.63, 3.8) is 0 Å². The van der Waals surface area contributed by atoms with Crippen LogP contribution in [0.15, 0.2) is 24.7 Å². The molecule has 1 aliphatic carbocycles. The number of sulfonamides is 1. The number of anilines is 2. The quantitative estimate of drug-likeness (QED) is 0.529. The zero-order valence-corrected chi connectivity index (χ0v) is 20.8. The number of rotatable bonds is 4. The Morgan fingerprint density at radius 1 is 1.21 bits per heavy atom. The lowest BCUT2D eigenvalue weighted by atomic mass is 9.92. The van der Waals surface area contributed by atoms with Crippen LogP contribution in [0.1, 0.15) is 31.0 Å². The normalized spacial score (nSPS) is 26.8. The summed E-state index contributed by atoms with van der Waals surface area (Å²) < 4.78 is 26.7. The van der Waals surface area contributed by atoms with Crippen LogP contribution in [0, 0.1) is 11.8 Å². The second-order valence-electron chi connectivity index (χ2n) is 9.93. The van der Waals surface area contributed by atoms with Gasteiger partial charge in [0.2, 0.25) is 10.0 Å². The van der Waals surface area contributed by atoms with Crippen molar-refractivity contribution in [1.29, 1.82) is 0 Å². The van der Waals surface area contributed by atoms with Crippen LogP contribution >= 0.6 is 11.6 Å². The molecule has 4 atom stereocenters. The lowest BCUT2D eigenvalue weighted by Crippen LogP contribution is -2.53. The highest BCUT2D eigenvalue weighted by Gasteiger charge is 2.44. The van der Waals surface area contributed by atoms with Crippen molar-refractivity contribution < 1.29 is 8.42 Å². The lowest BCUT2D eigenvalue weighted by molar-refractivity contribution is 0.330. The molecule has 2 bridgehead atoms. The Morgan fingerprint density at radius 3 is 2.71 bits per heavy atom. The van der Waals surface area contributed by atoms with Crippen LogP contribution < -0.4 is 14.5 Å². The van der Waals surface area contributed by atoms with Crippen molar-refractivity contribution in [2.45, 2.75) is 44.8 Å². The number of fused-ring (bicyclic) bond motifs is 4. The van der Waals surface area contributed by atoms with Crippen LogP contribution in [0.25, 0.3) is 11.0 Å². The molecule has 3 aromatic heterocycles. The van der Waals surface area contributed by atoms with Gasteiger partial charge < -0.3 is 14.8 Å². The number of aromatic amines is 1.